The lowest BCUT2D eigenvalue weighted by molar-refractivity contribution is -0.157. The maximum Gasteiger partial charge on any atom is 0.344 e. The summed E-state index contributed by atoms with van der Waals surface area (Å²) in [6.07, 6.45) is 5.39. The van der Waals surface area contributed by atoms with Crippen molar-refractivity contribution in [3.05, 3.63) is 45.6 Å². The highest BCUT2D eigenvalue weighted by molar-refractivity contribution is 9.10. The molecule has 2 aliphatic rings. The molecule has 5 nitrogen and oxygen atoms in total. The number of aliphatic hydroxyl groups is 1. The first kappa shape index (κ1) is 19.0. The first-order valence-corrected chi connectivity index (χ1v) is 9.91. The Labute approximate surface area is 162 Å². The minimum Gasteiger partial charge on any atom is -0.511 e. The van der Waals surface area contributed by atoms with Crippen LogP contribution in [0.25, 0.3) is 0 Å². The summed E-state index contributed by atoms with van der Waals surface area (Å²) in [5, 5.41) is 14.7. The van der Waals surface area contributed by atoms with Crippen LogP contribution in [0.3, 0.4) is 0 Å². The summed E-state index contributed by atoms with van der Waals surface area (Å²) in [5.74, 6) is -0.393. The molecule has 1 aliphatic heterocycles. The van der Waals surface area contributed by atoms with Gasteiger partial charge in [0.15, 0.2) is 0 Å². The van der Waals surface area contributed by atoms with E-state index in [4.69, 9.17) is 9.57 Å². The van der Waals surface area contributed by atoms with Gasteiger partial charge in [-0.3, -0.25) is 0 Å². The number of hydrogen-bond acceptors (Lipinski definition) is 5. The third-order valence-corrected chi connectivity index (χ3v) is 5.37. The Kier molecular flexibility index (Phi) is 6.01. The number of rotatable bonds is 6. The van der Waals surface area contributed by atoms with Gasteiger partial charge in [-0.15, -0.1) is 0 Å². The third kappa shape index (κ3) is 4.29. The molecule has 0 bridgehead atoms. The van der Waals surface area contributed by atoms with Crippen molar-refractivity contribution in [3.8, 4) is 0 Å². The molecule has 0 aromatic heterocycles. The molecule has 1 fully saturated rings. The van der Waals surface area contributed by atoms with Crippen LogP contribution in [0.5, 0.6) is 0 Å². The van der Waals surface area contributed by atoms with Gasteiger partial charge < -0.3 is 14.7 Å². The van der Waals surface area contributed by atoms with Crippen molar-refractivity contribution < 1.29 is 19.5 Å². The molecule has 0 radical (unpaired) electrons. The highest BCUT2D eigenvalue weighted by Crippen LogP contribution is 2.42. The Hall–Kier alpha value is -1.82. The summed E-state index contributed by atoms with van der Waals surface area (Å²) >= 11 is 3.42. The molecule has 1 aromatic carbocycles. The van der Waals surface area contributed by atoms with Crippen LogP contribution in [0.15, 0.2) is 45.2 Å². The molecule has 140 valence electrons. The van der Waals surface area contributed by atoms with E-state index in [1.807, 2.05) is 31.2 Å². The van der Waals surface area contributed by atoms with Gasteiger partial charge in [0.25, 0.3) is 0 Å². The number of aliphatic hydroxyl groups excluding tert-OH is 1. The van der Waals surface area contributed by atoms with E-state index >= 15 is 0 Å². The number of esters is 1. The molecule has 1 spiro atoms. The van der Waals surface area contributed by atoms with E-state index in [9.17, 15) is 9.90 Å². The van der Waals surface area contributed by atoms with E-state index in [1.165, 1.54) is 0 Å². The summed E-state index contributed by atoms with van der Waals surface area (Å²) in [7, 11) is 0. The van der Waals surface area contributed by atoms with Gasteiger partial charge in [0, 0.05) is 10.9 Å². The summed E-state index contributed by atoms with van der Waals surface area (Å²) < 4.78 is 6.69. The van der Waals surface area contributed by atoms with E-state index < -0.39 is 11.6 Å². The number of hydrogen-bond donors (Lipinski definition) is 1. The van der Waals surface area contributed by atoms with E-state index in [2.05, 4.69) is 21.1 Å². The molecular formula is C20H24BrNO4. The average Bonchev–Trinajstić information content (AvgIpc) is 3.01. The van der Waals surface area contributed by atoms with Gasteiger partial charge in [-0.2, -0.15) is 0 Å². The minimum atomic E-state index is -0.515. The van der Waals surface area contributed by atoms with Crippen molar-refractivity contribution >= 4 is 27.6 Å². The fraction of sp³-hybridized carbons (Fsp3) is 0.500. The van der Waals surface area contributed by atoms with Crippen LogP contribution in [0, 0.1) is 0 Å². The smallest absolute Gasteiger partial charge is 0.344 e. The highest BCUT2D eigenvalue weighted by atomic mass is 79.9. The Morgan fingerprint density at radius 2 is 2.15 bits per heavy atom. The summed E-state index contributed by atoms with van der Waals surface area (Å²) in [5.41, 5.74) is 1.09. The maximum atomic E-state index is 12.6. The van der Waals surface area contributed by atoms with Gasteiger partial charge in [0.05, 0.1) is 5.71 Å². The Balaban J connectivity index is 1.76. The lowest BCUT2D eigenvalue weighted by atomic mass is 9.90. The zero-order valence-electron chi connectivity index (χ0n) is 15.0. The Morgan fingerprint density at radius 3 is 2.81 bits per heavy atom. The lowest BCUT2D eigenvalue weighted by Gasteiger charge is -2.33. The van der Waals surface area contributed by atoms with E-state index in [0.29, 0.717) is 25.2 Å². The third-order valence-electron chi connectivity index (χ3n) is 4.88. The molecule has 6 heteroatoms. The van der Waals surface area contributed by atoms with Gasteiger partial charge in [-0.05, 0) is 49.8 Å². The number of oxime groups is 1. The molecule has 3 rings (SSSR count). The standard InChI is InChI=1S/C20H24BrNO4/c1-2-6-16(22-25-13-14-7-5-8-15(21)11-14)18-17(23)12-20(26-19(18)24)9-3-4-10-20/h5,7-8,11,23H,2-4,6,9-10,12-13H2,1H3. The SMILES string of the molecule is CCCC(=NOCc1cccc(Br)c1)C1=C(O)CC2(CCCC2)OC1=O. The van der Waals surface area contributed by atoms with Crippen LogP contribution in [0.1, 0.15) is 57.4 Å². The summed E-state index contributed by atoms with van der Waals surface area (Å²) in [4.78, 5) is 18.0. The fourth-order valence-corrected chi connectivity index (χ4v) is 4.09. The second kappa shape index (κ2) is 8.25. The first-order valence-electron chi connectivity index (χ1n) is 9.12. The second-order valence-electron chi connectivity index (χ2n) is 6.97. The topological polar surface area (TPSA) is 68.1 Å². The van der Waals surface area contributed by atoms with Gasteiger partial charge in [-0.25, -0.2) is 4.79 Å². The molecule has 26 heavy (non-hydrogen) atoms. The molecule has 1 aliphatic carbocycles. The molecule has 0 unspecified atom stereocenters. The molecular weight excluding hydrogens is 398 g/mol. The van der Waals surface area contributed by atoms with Crippen molar-refractivity contribution in [1.29, 1.82) is 0 Å². The Morgan fingerprint density at radius 1 is 1.38 bits per heavy atom. The molecule has 1 N–H and O–H groups in total. The van der Waals surface area contributed by atoms with Gasteiger partial charge in [0.1, 0.15) is 23.5 Å². The predicted molar refractivity (Wildman–Crippen MR) is 103 cm³/mol. The average molecular weight is 422 g/mol. The molecule has 0 amide bonds. The number of benzene rings is 1. The van der Waals surface area contributed by atoms with Crippen LogP contribution < -0.4 is 0 Å². The number of nitrogens with zero attached hydrogens (tertiary/aromatic N) is 1. The van der Waals surface area contributed by atoms with Crippen molar-refractivity contribution in [2.45, 2.75) is 64.1 Å². The first-order chi connectivity index (χ1) is 12.5. The lowest BCUT2D eigenvalue weighted by Crippen LogP contribution is -2.39. The monoisotopic (exact) mass is 421 g/mol. The van der Waals surface area contributed by atoms with Crippen molar-refractivity contribution in [1.82, 2.24) is 0 Å². The summed E-state index contributed by atoms with van der Waals surface area (Å²) in [6.45, 7) is 2.29. The van der Waals surface area contributed by atoms with Gasteiger partial charge in [-0.1, -0.05) is 46.6 Å². The van der Waals surface area contributed by atoms with Crippen LogP contribution in [0.4, 0.5) is 0 Å². The zero-order valence-corrected chi connectivity index (χ0v) is 16.5. The molecule has 0 atom stereocenters. The van der Waals surface area contributed by atoms with E-state index in [1.54, 1.807) is 0 Å². The second-order valence-corrected chi connectivity index (χ2v) is 7.89. The molecule has 1 saturated carbocycles. The van der Waals surface area contributed by atoms with Crippen molar-refractivity contribution in [2.75, 3.05) is 0 Å². The normalized spacial score (nSPS) is 19.8. The van der Waals surface area contributed by atoms with Gasteiger partial charge >= 0.3 is 5.97 Å². The minimum absolute atomic E-state index is 0.0846. The van der Waals surface area contributed by atoms with Crippen LogP contribution >= 0.6 is 15.9 Å². The van der Waals surface area contributed by atoms with Crippen molar-refractivity contribution in [2.24, 2.45) is 5.16 Å². The number of carbonyl (C=O) groups excluding carboxylic acids is 1. The molecule has 1 heterocycles. The molecule has 1 aromatic rings. The fourth-order valence-electron chi connectivity index (χ4n) is 3.64. The maximum absolute atomic E-state index is 12.6. The molecule has 0 saturated heterocycles. The largest absolute Gasteiger partial charge is 0.511 e. The van der Waals surface area contributed by atoms with E-state index in [0.717, 1.165) is 42.1 Å². The van der Waals surface area contributed by atoms with Crippen molar-refractivity contribution in [3.63, 3.8) is 0 Å². The number of halogens is 1. The van der Waals surface area contributed by atoms with Crippen LogP contribution in [0.2, 0.25) is 0 Å². The van der Waals surface area contributed by atoms with Crippen LogP contribution in [-0.2, 0) is 21.0 Å². The Bertz CT molecular complexity index is 735. The number of carbonyl (C=O) groups is 1. The highest BCUT2D eigenvalue weighted by Gasteiger charge is 2.44. The zero-order chi connectivity index (χ0) is 18.6. The summed E-state index contributed by atoms with van der Waals surface area (Å²) in [6, 6.07) is 7.75. The predicted octanol–water partition coefficient (Wildman–Crippen LogP) is 5.19. The van der Waals surface area contributed by atoms with Crippen LogP contribution in [-0.4, -0.2) is 22.4 Å². The van der Waals surface area contributed by atoms with E-state index in [-0.39, 0.29) is 11.3 Å². The van der Waals surface area contributed by atoms with Gasteiger partial charge in [0.2, 0.25) is 0 Å². The number of ether oxygens (including phenoxy) is 1. The quantitative estimate of drug-likeness (QED) is 0.389.